The average Bonchev–Trinajstić information content (AvgIpc) is 3.14. The second-order valence-corrected chi connectivity index (χ2v) is 4.08. The minimum Gasteiger partial charge on any atom is -0.325 e. The van der Waals surface area contributed by atoms with Crippen LogP contribution in [-0.2, 0) is 4.79 Å². The number of anilines is 1. The lowest BCUT2D eigenvalue weighted by molar-refractivity contribution is -0.116. The largest absolute Gasteiger partial charge is 0.325 e. The van der Waals surface area contributed by atoms with Gasteiger partial charge in [-0.25, -0.2) is 0 Å². The molecule has 2 heterocycles. The Kier molecular flexibility index (Phi) is 3.19. The van der Waals surface area contributed by atoms with Gasteiger partial charge < -0.3 is 5.32 Å². The summed E-state index contributed by atoms with van der Waals surface area (Å²) >= 11 is 0. The summed E-state index contributed by atoms with van der Waals surface area (Å²) in [5, 5.41) is 23.2. The van der Waals surface area contributed by atoms with Crippen molar-refractivity contribution in [2.75, 3.05) is 5.32 Å². The van der Waals surface area contributed by atoms with Gasteiger partial charge in [-0.15, -0.1) is 0 Å². The van der Waals surface area contributed by atoms with Crippen LogP contribution >= 0.6 is 0 Å². The van der Waals surface area contributed by atoms with Crippen LogP contribution in [0.1, 0.15) is 17.3 Å². The molecule has 3 aromatic rings. The van der Waals surface area contributed by atoms with Crippen LogP contribution in [0.3, 0.4) is 0 Å². The topological polar surface area (TPSA) is 112 Å². The molecule has 0 aliphatic heterocycles. The van der Waals surface area contributed by atoms with Crippen LogP contribution in [0.4, 0.5) is 5.69 Å². The number of aromatic nitrogens is 6. The number of amides is 1. The summed E-state index contributed by atoms with van der Waals surface area (Å²) in [7, 11) is 0. The first-order valence-electron chi connectivity index (χ1n) is 5.92. The number of rotatable bonds is 4. The maximum Gasteiger partial charge on any atom is 0.239 e. The molecular formula is C12H11N7O. The summed E-state index contributed by atoms with van der Waals surface area (Å²) in [6.07, 6.45) is 2.98. The van der Waals surface area contributed by atoms with E-state index in [2.05, 4.69) is 36.1 Å². The van der Waals surface area contributed by atoms with Crippen molar-refractivity contribution in [2.24, 2.45) is 0 Å². The quantitative estimate of drug-likeness (QED) is 0.645. The van der Waals surface area contributed by atoms with Crippen LogP contribution in [0.15, 0.2) is 42.7 Å². The zero-order chi connectivity index (χ0) is 13.8. The van der Waals surface area contributed by atoms with Crippen molar-refractivity contribution in [3.63, 3.8) is 0 Å². The Bertz CT molecular complexity index is 629. The number of benzene rings is 1. The van der Waals surface area contributed by atoms with Crippen LogP contribution in [0.25, 0.3) is 0 Å². The first-order chi connectivity index (χ1) is 9.84. The Morgan fingerprint density at radius 3 is 2.10 bits per heavy atom. The molecule has 20 heavy (non-hydrogen) atoms. The van der Waals surface area contributed by atoms with Gasteiger partial charge in [-0.3, -0.25) is 4.79 Å². The third kappa shape index (κ3) is 2.39. The number of hydrogen-bond donors (Lipinski definition) is 3. The molecule has 1 amide bonds. The molecule has 0 fully saturated rings. The van der Waals surface area contributed by atoms with Crippen LogP contribution in [0.2, 0.25) is 0 Å². The number of para-hydroxylation sites is 1. The summed E-state index contributed by atoms with van der Waals surface area (Å²) in [4.78, 5) is 12.4. The van der Waals surface area contributed by atoms with Gasteiger partial charge in [0.1, 0.15) is 17.3 Å². The molecule has 0 saturated heterocycles. The second kappa shape index (κ2) is 5.31. The molecule has 0 aliphatic carbocycles. The maximum atomic E-state index is 12.4. The van der Waals surface area contributed by atoms with E-state index in [9.17, 15) is 4.79 Å². The molecule has 100 valence electrons. The number of aromatic amines is 2. The lowest BCUT2D eigenvalue weighted by Gasteiger charge is -2.11. The Balaban J connectivity index is 1.88. The molecular weight excluding hydrogens is 258 g/mol. The molecule has 1 aromatic carbocycles. The predicted octanol–water partition coefficient (Wildman–Crippen LogP) is 0.693. The smallest absolute Gasteiger partial charge is 0.239 e. The van der Waals surface area contributed by atoms with Crippen molar-refractivity contribution in [1.29, 1.82) is 0 Å². The Morgan fingerprint density at radius 1 is 1.00 bits per heavy atom. The Morgan fingerprint density at radius 2 is 1.60 bits per heavy atom. The van der Waals surface area contributed by atoms with E-state index in [4.69, 9.17) is 0 Å². The van der Waals surface area contributed by atoms with Gasteiger partial charge in [-0.1, -0.05) is 18.2 Å². The first kappa shape index (κ1) is 12.0. The second-order valence-electron chi connectivity index (χ2n) is 4.08. The molecule has 8 heteroatoms. The van der Waals surface area contributed by atoms with E-state index in [0.717, 1.165) is 0 Å². The number of nitrogens with zero attached hydrogens (tertiary/aromatic N) is 4. The molecule has 0 radical (unpaired) electrons. The molecule has 0 saturated carbocycles. The summed E-state index contributed by atoms with van der Waals surface area (Å²) in [6, 6.07) is 9.18. The molecule has 0 aliphatic rings. The molecule has 0 spiro atoms. The number of hydrogen-bond acceptors (Lipinski definition) is 5. The highest BCUT2D eigenvalue weighted by molar-refractivity contribution is 5.97. The minimum absolute atomic E-state index is 0.251. The maximum absolute atomic E-state index is 12.4. The number of carbonyl (C=O) groups is 1. The van der Waals surface area contributed by atoms with Crippen molar-refractivity contribution < 1.29 is 4.79 Å². The summed E-state index contributed by atoms with van der Waals surface area (Å²) in [5.74, 6) is -0.924. The van der Waals surface area contributed by atoms with E-state index in [0.29, 0.717) is 17.1 Å². The van der Waals surface area contributed by atoms with E-state index in [1.807, 2.05) is 18.2 Å². The highest BCUT2D eigenvalue weighted by atomic mass is 16.1. The van der Waals surface area contributed by atoms with Gasteiger partial charge in [-0.05, 0) is 12.1 Å². The van der Waals surface area contributed by atoms with Crippen molar-refractivity contribution in [3.8, 4) is 0 Å². The fourth-order valence-electron chi connectivity index (χ4n) is 1.86. The lowest BCUT2D eigenvalue weighted by atomic mass is 10.0. The number of nitrogens with one attached hydrogen (secondary N) is 3. The van der Waals surface area contributed by atoms with Gasteiger partial charge >= 0.3 is 0 Å². The van der Waals surface area contributed by atoms with Gasteiger partial charge in [0, 0.05) is 5.69 Å². The Labute approximate surface area is 113 Å². The highest BCUT2D eigenvalue weighted by Gasteiger charge is 2.27. The molecule has 8 nitrogen and oxygen atoms in total. The average molecular weight is 269 g/mol. The van der Waals surface area contributed by atoms with E-state index in [1.54, 1.807) is 12.1 Å². The van der Waals surface area contributed by atoms with Gasteiger partial charge in [0.05, 0.1) is 12.4 Å². The van der Waals surface area contributed by atoms with Crippen LogP contribution in [0.5, 0.6) is 0 Å². The Hall–Kier alpha value is -3.03. The van der Waals surface area contributed by atoms with Gasteiger partial charge in [-0.2, -0.15) is 30.8 Å². The monoisotopic (exact) mass is 269 g/mol. The fourth-order valence-corrected chi connectivity index (χ4v) is 1.86. The van der Waals surface area contributed by atoms with Crippen LogP contribution < -0.4 is 5.32 Å². The SMILES string of the molecule is O=C(Nc1ccccc1)C(c1cn[nH]n1)c1cn[nH]n1. The number of H-pyrrole nitrogens is 2. The molecule has 0 bridgehead atoms. The highest BCUT2D eigenvalue weighted by Crippen LogP contribution is 2.21. The van der Waals surface area contributed by atoms with Crippen molar-refractivity contribution >= 4 is 11.6 Å². The molecule has 3 N–H and O–H groups in total. The standard InChI is InChI=1S/C12H11N7O/c20-12(15-8-4-2-1-3-5-8)11(9-6-13-18-16-9)10-7-14-19-17-10/h1-7,11H,(H,15,20)(H,13,16,18)(H,14,17,19). The van der Waals surface area contributed by atoms with Gasteiger partial charge in [0.15, 0.2) is 0 Å². The summed E-state index contributed by atoms with van der Waals surface area (Å²) in [5.41, 5.74) is 1.66. The van der Waals surface area contributed by atoms with Crippen LogP contribution in [0, 0.1) is 0 Å². The molecule has 3 rings (SSSR count). The van der Waals surface area contributed by atoms with Gasteiger partial charge in [0.2, 0.25) is 5.91 Å². The number of carbonyl (C=O) groups excluding carboxylic acids is 1. The van der Waals surface area contributed by atoms with Gasteiger partial charge in [0.25, 0.3) is 0 Å². The zero-order valence-electron chi connectivity index (χ0n) is 10.3. The normalized spacial score (nSPS) is 10.7. The van der Waals surface area contributed by atoms with E-state index in [1.165, 1.54) is 12.4 Å². The third-order valence-corrected chi connectivity index (χ3v) is 2.76. The molecule has 0 atom stereocenters. The molecule has 0 unspecified atom stereocenters. The molecule has 2 aromatic heterocycles. The van der Waals surface area contributed by atoms with E-state index >= 15 is 0 Å². The van der Waals surface area contributed by atoms with Crippen molar-refractivity contribution in [3.05, 3.63) is 54.1 Å². The van der Waals surface area contributed by atoms with Crippen molar-refractivity contribution in [1.82, 2.24) is 30.8 Å². The fraction of sp³-hybridized carbons (Fsp3) is 0.0833. The zero-order valence-corrected chi connectivity index (χ0v) is 10.3. The van der Waals surface area contributed by atoms with E-state index < -0.39 is 5.92 Å². The van der Waals surface area contributed by atoms with Crippen LogP contribution in [-0.4, -0.2) is 36.7 Å². The minimum atomic E-state index is -0.673. The van der Waals surface area contributed by atoms with Crippen molar-refractivity contribution in [2.45, 2.75) is 5.92 Å². The predicted molar refractivity (Wildman–Crippen MR) is 69.7 cm³/mol. The first-order valence-corrected chi connectivity index (χ1v) is 5.92. The summed E-state index contributed by atoms with van der Waals surface area (Å²) in [6.45, 7) is 0. The summed E-state index contributed by atoms with van der Waals surface area (Å²) < 4.78 is 0. The van der Waals surface area contributed by atoms with E-state index in [-0.39, 0.29) is 5.91 Å². The third-order valence-electron chi connectivity index (χ3n) is 2.76. The lowest BCUT2D eigenvalue weighted by Crippen LogP contribution is -2.23.